The summed E-state index contributed by atoms with van der Waals surface area (Å²) in [6.45, 7) is -1.77. The Balaban J connectivity index is 1.89. The van der Waals surface area contributed by atoms with Crippen LogP contribution in [-0.4, -0.2) is 19.1 Å². The number of aryl methyl sites for hydroxylation is 1. The molecule has 5 nitrogen and oxygen atoms in total. The van der Waals surface area contributed by atoms with Crippen molar-refractivity contribution in [1.82, 2.24) is 19.1 Å². The molecule has 0 atom stereocenters. The average Bonchev–Trinajstić information content (AvgIpc) is 3.34. The maximum Gasteiger partial charge on any atom is 0.298 e. The van der Waals surface area contributed by atoms with E-state index in [1.54, 1.807) is 18.5 Å². The molecule has 0 bridgehead atoms. The number of pyridine rings is 2. The number of para-hydroxylation sites is 1. The topological polar surface area (TPSA) is 39.5 Å². The highest BCUT2D eigenvalue weighted by atomic mass is 15.3. The lowest BCUT2D eigenvalue weighted by Crippen LogP contribution is -2.31. The van der Waals surface area contributed by atoms with Crippen molar-refractivity contribution < 1.29 is 8.68 Å². The molecule has 0 spiro atoms. The average molecular weight is 341 g/mol. The van der Waals surface area contributed by atoms with Gasteiger partial charge in [0.2, 0.25) is 5.52 Å². The Morgan fingerprint density at radius 3 is 2.73 bits per heavy atom. The number of nitrogens with zero attached hydrogens (tertiary/aromatic N) is 5. The lowest BCUT2D eigenvalue weighted by Gasteiger charge is -2.03. The molecular formula is C21H16N5+. The predicted molar refractivity (Wildman–Crippen MR) is 100 cm³/mol. The first-order chi connectivity index (χ1) is 14.1. The van der Waals surface area contributed by atoms with Gasteiger partial charge >= 0.3 is 0 Å². The minimum absolute atomic E-state index is 0.582. The summed E-state index contributed by atoms with van der Waals surface area (Å²) >= 11 is 0. The molecule has 0 radical (unpaired) electrons. The standard InChI is InChI=1S/C21H16N5/c1-24-17-10-6-12-23-18(17)19-21(24)26(14-7-3-2-4-8-14)20-15-9-5-11-22-16(15)13-25(19)20/h2-12H,13H2,1H3/q+1/i1D3. The van der Waals surface area contributed by atoms with Crippen LogP contribution in [-0.2, 0) is 13.5 Å². The molecule has 4 aromatic heterocycles. The number of fused-ring (bicyclic) bond motifs is 7. The van der Waals surface area contributed by atoms with Gasteiger partial charge in [-0.2, -0.15) is 4.57 Å². The van der Waals surface area contributed by atoms with Crippen LogP contribution in [0, 0.1) is 0 Å². The Hall–Kier alpha value is -3.47. The summed E-state index contributed by atoms with van der Waals surface area (Å²) in [5.41, 5.74) is 5.59. The Morgan fingerprint density at radius 1 is 1.00 bits per heavy atom. The van der Waals surface area contributed by atoms with E-state index in [1.165, 1.54) is 4.57 Å². The molecule has 0 amide bonds. The molecule has 0 fully saturated rings. The zero-order valence-electron chi connectivity index (χ0n) is 16.8. The number of aromatic nitrogens is 5. The molecule has 0 unspecified atom stereocenters. The largest absolute Gasteiger partial charge is 0.306 e. The number of rotatable bonds is 1. The van der Waals surface area contributed by atoms with Crippen molar-refractivity contribution in [3.05, 3.63) is 72.7 Å². The van der Waals surface area contributed by atoms with Crippen molar-refractivity contribution in [3.63, 3.8) is 0 Å². The third kappa shape index (κ3) is 1.57. The van der Waals surface area contributed by atoms with Crippen LogP contribution in [0.3, 0.4) is 0 Å². The molecule has 0 saturated carbocycles. The fraction of sp³-hybridized carbons (Fsp3) is 0.0952. The van der Waals surface area contributed by atoms with Crippen LogP contribution in [0.2, 0.25) is 0 Å². The summed E-state index contributed by atoms with van der Waals surface area (Å²) in [4.78, 5) is 9.12. The molecule has 5 heterocycles. The van der Waals surface area contributed by atoms with Gasteiger partial charge in [-0.1, -0.05) is 18.2 Å². The lowest BCUT2D eigenvalue weighted by molar-refractivity contribution is -0.645. The second-order valence-electron chi connectivity index (χ2n) is 6.46. The first-order valence-electron chi connectivity index (χ1n) is 9.99. The zero-order valence-corrected chi connectivity index (χ0v) is 13.8. The van der Waals surface area contributed by atoms with Gasteiger partial charge in [0, 0.05) is 23.5 Å². The van der Waals surface area contributed by atoms with Gasteiger partial charge in [-0.3, -0.25) is 4.98 Å². The third-order valence-corrected chi connectivity index (χ3v) is 5.08. The normalized spacial score (nSPS) is 14.8. The molecule has 6 rings (SSSR count). The maximum absolute atomic E-state index is 8.25. The van der Waals surface area contributed by atoms with Gasteiger partial charge in [0.1, 0.15) is 17.7 Å². The quantitative estimate of drug-likeness (QED) is 0.431. The van der Waals surface area contributed by atoms with E-state index in [2.05, 4.69) is 14.5 Å². The first kappa shape index (κ1) is 11.2. The van der Waals surface area contributed by atoms with E-state index in [1.807, 2.05) is 53.1 Å². The van der Waals surface area contributed by atoms with E-state index >= 15 is 0 Å². The summed E-state index contributed by atoms with van der Waals surface area (Å²) in [5, 5.41) is 0. The van der Waals surface area contributed by atoms with Gasteiger partial charge in [-0.05, 0) is 36.4 Å². The van der Waals surface area contributed by atoms with E-state index in [-0.39, 0.29) is 0 Å². The number of imidazole rings is 1. The molecule has 5 heteroatoms. The Kier molecular flexibility index (Phi) is 2.06. The van der Waals surface area contributed by atoms with E-state index in [0.29, 0.717) is 23.2 Å². The van der Waals surface area contributed by atoms with Gasteiger partial charge in [0.05, 0.1) is 16.8 Å². The van der Waals surface area contributed by atoms with Crippen molar-refractivity contribution in [2.45, 2.75) is 6.54 Å². The highest BCUT2D eigenvalue weighted by Crippen LogP contribution is 2.36. The number of benzene rings is 1. The SMILES string of the molecule is [2H]C([2H])([2H])n1c2cccnc2c2c1n(-c1ccccc1)c1[n+]2Cc2ncccc2-1. The van der Waals surface area contributed by atoms with Crippen LogP contribution in [0.1, 0.15) is 9.81 Å². The maximum atomic E-state index is 8.25. The van der Waals surface area contributed by atoms with Gasteiger partial charge in [0.25, 0.3) is 11.5 Å². The number of hydrogen-bond acceptors (Lipinski definition) is 2. The highest BCUT2D eigenvalue weighted by molar-refractivity contribution is 6.01. The third-order valence-electron chi connectivity index (χ3n) is 5.08. The van der Waals surface area contributed by atoms with Crippen molar-refractivity contribution in [2.24, 2.45) is 6.98 Å². The predicted octanol–water partition coefficient (Wildman–Crippen LogP) is 3.23. The second kappa shape index (κ2) is 4.79. The molecule has 5 aromatic rings. The van der Waals surface area contributed by atoms with E-state index in [4.69, 9.17) is 4.11 Å². The summed E-state index contributed by atoms with van der Waals surface area (Å²) in [6.07, 6.45) is 3.50. The van der Waals surface area contributed by atoms with Crippen molar-refractivity contribution in [1.29, 1.82) is 0 Å². The van der Waals surface area contributed by atoms with Gasteiger partial charge < -0.3 is 4.57 Å². The fourth-order valence-corrected chi connectivity index (χ4v) is 4.03. The summed E-state index contributed by atoms with van der Waals surface area (Å²) in [7, 11) is 0. The smallest absolute Gasteiger partial charge is 0.298 e. The Bertz CT molecular complexity index is 1410. The van der Waals surface area contributed by atoms with Crippen LogP contribution < -0.4 is 4.57 Å². The second-order valence-corrected chi connectivity index (χ2v) is 6.46. The summed E-state index contributed by atoms with van der Waals surface area (Å²) < 4.78 is 30.3. The van der Waals surface area contributed by atoms with E-state index in [9.17, 15) is 0 Å². The van der Waals surface area contributed by atoms with Crippen molar-refractivity contribution in [2.75, 3.05) is 0 Å². The van der Waals surface area contributed by atoms with Crippen LogP contribution in [0.15, 0.2) is 67.0 Å². The molecule has 0 aliphatic carbocycles. The molecule has 1 aliphatic heterocycles. The molecule has 124 valence electrons. The van der Waals surface area contributed by atoms with E-state index < -0.39 is 6.98 Å². The minimum Gasteiger partial charge on any atom is -0.306 e. The summed E-state index contributed by atoms with van der Waals surface area (Å²) in [5.74, 6) is 0.926. The van der Waals surface area contributed by atoms with Crippen LogP contribution in [0.4, 0.5) is 0 Å². The zero-order chi connectivity index (χ0) is 19.8. The molecule has 1 aromatic carbocycles. The van der Waals surface area contributed by atoms with Crippen LogP contribution in [0.25, 0.3) is 39.3 Å². The molecule has 0 N–H and O–H groups in total. The molecular weight excluding hydrogens is 322 g/mol. The fourth-order valence-electron chi connectivity index (χ4n) is 4.03. The first-order valence-corrected chi connectivity index (χ1v) is 8.49. The Morgan fingerprint density at radius 2 is 1.85 bits per heavy atom. The molecule has 1 aliphatic rings. The van der Waals surface area contributed by atoms with Crippen LogP contribution >= 0.6 is 0 Å². The monoisotopic (exact) mass is 341 g/mol. The highest BCUT2D eigenvalue weighted by Gasteiger charge is 2.38. The lowest BCUT2D eigenvalue weighted by atomic mass is 10.2. The van der Waals surface area contributed by atoms with Gasteiger partial charge in [-0.15, -0.1) is 0 Å². The Labute approximate surface area is 154 Å². The minimum atomic E-state index is -2.35. The van der Waals surface area contributed by atoms with Crippen LogP contribution in [0.5, 0.6) is 0 Å². The van der Waals surface area contributed by atoms with E-state index in [0.717, 1.165) is 28.3 Å². The van der Waals surface area contributed by atoms with Crippen molar-refractivity contribution in [3.8, 4) is 17.1 Å². The van der Waals surface area contributed by atoms with Gasteiger partial charge in [0.15, 0.2) is 0 Å². The van der Waals surface area contributed by atoms with Crippen molar-refractivity contribution >= 4 is 22.2 Å². The van der Waals surface area contributed by atoms with Gasteiger partial charge in [-0.25, -0.2) is 9.55 Å². The molecule has 26 heavy (non-hydrogen) atoms. The number of hydrogen-bond donors (Lipinski definition) is 0. The summed E-state index contributed by atoms with van der Waals surface area (Å²) in [6, 6.07) is 17.4. The molecule has 0 saturated heterocycles.